The highest BCUT2D eigenvalue weighted by Gasteiger charge is 2.15. The van der Waals surface area contributed by atoms with Crippen LogP contribution in [0, 0.1) is 0 Å². The maximum atomic E-state index is 8.82. The van der Waals surface area contributed by atoms with Crippen molar-refractivity contribution in [1.29, 1.82) is 0 Å². The predicted octanol–water partition coefficient (Wildman–Crippen LogP) is 1.55. The minimum atomic E-state index is -0.592. The largest absolute Gasteiger partial charge is 0.394 e. The summed E-state index contributed by atoms with van der Waals surface area (Å²) in [6.45, 7) is -0.201. The standard InChI is InChI=1S/C8H8BrN3O2S/c9-6-2-1-5(15-6)8-11-7(12-14-8)4(10)3-13/h1-2,4,13H,3,10H2. The van der Waals surface area contributed by atoms with E-state index in [1.54, 1.807) is 0 Å². The number of aliphatic hydroxyl groups excluding tert-OH is 1. The molecule has 0 fully saturated rings. The summed E-state index contributed by atoms with van der Waals surface area (Å²) in [5, 5.41) is 12.5. The van der Waals surface area contributed by atoms with E-state index in [0.29, 0.717) is 11.7 Å². The summed E-state index contributed by atoms with van der Waals surface area (Å²) < 4.78 is 6.01. The van der Waals surface area contributed by atoms with Crippen molar-refractivity contribution in [3.63, 3.8) is 0 Å². The molecule has 0 spiro atoms. The third kappa shape index (κ3) is 2.25. The van der Waals surface area contributed by atoms with E-state index in [2.05, 4.69) is 26.1 Å². The summed E-state index contributed by atoms with van der Waals surface area (Å²) in [6.07, 6.45) is 0. The fraction of sp³-hybridized carbons (Fsp3) is 0.250. The van der Waals surface area contributed by atoms with Gasteiger partial charge in [0.05, 0.1) is 21.3 Å². The van der Waals surface area contributed by atoms with E-state index in [9.17, 15) is 0 Å². The second kappa shape index (κ2) is 4.40. The maximum absolute atomic E-state index is 8.82. The molecule has 15 heavy (non-hydrogen) atoms. The van der Waals surface area contributed by atoms with Gasteiger partial charge in [0.2, 0.25) is 0 Å². The molecular formula is C8H8BrN3O2S. The van der Waals surface area contributed by atoms with Crippen molar-refractivity contribution in [2.24, 2.45) is 5.73 Å². The number of aliphatic hydroxyl groups is 1. The molecule has 0 aromatic carbocycles. The molecule has 0 aliphatic heterocycles. The summed E-state index contributed by atoms with van der Waals surface area (Å²) in [5.74, 6) is 0.738. The van der Waals surface area contributed by atoms with E-state index in [-0.39, 0.29) is 6.61 Å². The molecule has 80 valence electrons. The van der Waals surface area contributed by atoms with Crippen LogP contribution in [0.25, 0.3) is 10.8 Å². The lowest BCUT2D eigenvalue weighted by atomic mass is 10.3. The van der Waals surface area contributed by atoms with Crippen molar-refractivity contribution in [1.82, 2.24) is 10.1 Å². The minimum absolute atomic E-state index is 0.201. The van der Waals surface area contributed by atoms with Crippen LogP contribution < -0.4 is 5.73 Å². The predicted molar refractivity (Wildman–Crippen MR) is 59.3 cm³/mol. The van der Waals surface area contributed by atoms with Gasteiger partial charge in [-0.1, -0.05) is 5.16 Å². The van der Waals surface area contributed by atoms with Crippen LogP contribution in [0.15, 0.2) is 20.4 Å². The van der Waals surface area contributed by atoms with Gasteiger partial charge in [0.1, 0.15) is 0 Å². The highest BCUT2D eigenvalue weighted by atomic mass is 79.9. The van der Waals surface area contributed by atoms with Gasteiger partial charge in [-0.25, -0.2) is 0 Å². The lowest BCUT2D eigenvalue weighted by Crippen LogP contribution is -2.15. The summed E-state index contributed by atoms with van der Waals surface area (Å²) in [6, 6.07) is 3.18. The minimum Gasteiger partial charge on any atom is -0.394 e. The highest BCUT2D eigenvalue weighted by molar-refractivity contribution is 9.11. The molecule has 0 radical (unpaired) electrons. The Morgan fingerprint density at radius 2 is 2.40 bits per heavy atom. The monoisotopic (exact) mass is 289 g/mol. The number of halogens is 1. The normalized spacial score (nSPS) is 13.0. The first-order valence-electron chi connectivity index (χ1n) is 4.16. The zero-order valence-electron chi connectivity index (χ0n) is 7.55. The molecule has 1 atom stereocenters. The van der Waals surface area contributed by atoms with Crippen LogP contribution in [0.4, 0.5) is 0 Å². The average Bonchev–Trinajstić information content (AvgIpc) is 2.84. The Bertz CT molecular complexity index is 456. The molecule has 2 heterocycles. The van der Waals surface area contributed by atoms with Crippen LogP contribution in [-0.4, -0.2) is 21.9 Å². The molecule has 0 aliphatic carbocycles. The molecule has 7 heteroatoms. The number of nitrogens with two attached hydrogens (primary N) is 1. The van der Waals surface area contributed by atoms with Crippen molar-refractivity contribution in [2.45, 2.75) is 6.04 Å². The van der Waals surface area contributed by atoms with Gasteiger partial charge in [-0.3, -0.25) is 0 Å². The third-order valence-corrected chi connectivity index (χ3v) is 3.37. The van der Waals surface area contributed by atoms with E-state index in [1.165, 1.54) is 11.3 Å². The number of rotatable bonds is 3. The van der Waals surface area contributed by atoms with Gasteiger partial charge in [0.15, 0.2) is 5.82 Å². The fourth-order valence-electron chi connectivity index (χ4n) is 0.996. The first kappa shape index (κ1) is 10.7. The summed E-state index contributed by atoms with van der Waals surface area (Å²) in [4.78, 5) is 4.96. The van der Waals surface area contributed by atoms with Crippen LogP contribution >= 0.6 is 27.3 Å². The van der Waals surface area contributed by atoms with Gasteiger partial charge < -0.3 is 15.4 Å². The van der Waals surface area contributed by atoms with Crippen LogP contribution in [0.1, 0.15) is 11.9 Å². The van der Waals surface area contributed by atoms with E-state index in [4.69, 9.17) is 15.4 Å². The Morgan fingerprint density at radius 3 is 3.00 bits per heavy atom. The Kier molecular flexibility index (Phi) is 3.15. The number of nitrogens with zero attached hydrogens (tertiary/aromatic N) is 2. The molecule has 1 unspecified atom stereocenters. The van der Waals surface area contributed by atoms with Crippen molar-refractivity contribution in [3.05, 3.63) is 21.7 Å². The summed E-state index contributed by atoms with van der Waals surface area (Å²) >= 11 is 4.83. The third-order valence-electron chi connectivity index (χ3n) is 1.75. The average molecular weight is 290 g/mol. The van der Waals surface area contributed by atoms with Crippen LogP contribution in [0.2, 0.25) is 0 Å². The summed E-state index contributed by atoms with van der Waals surface area (Å²) in [5.41, 5.74) is 5.55. The zero-order chi connectivity index (χ0) is 10.8. The van der Waals surface area contributed by atoms with E-state index in [0.717, 1.165) is 8.66 Å². The number of aromatic nitrogens is 2. The Hall–Kier alpha value is -0.760. The maximum Gasteiger partial charge on any atom is 0.268 e. The molecule has 3 N–H and O–H groups in total. The first-order valence-corrected chi connectivity index (χ1v) is 5.77. The van der Waals surface area contributed by atoms with Crippen molar-refractivity contribution in [2.75, 3.05) is 6.61 Å². The molecule has 5 nitrogen and oxygen atoms in total. The lowest BCUT2D eigenvalue weighted by molar-refractivity contribution is 0.260. The smallest absolute Gasteiger partial charge is 0.268 e. The quantitative estimate of drug-likeness (QED) is 0.896. The molecule has 2 rings (SSSR count). The second-order valence-corrected chi connectivity index (χ2v) is 5.31. The van der Waals surface area contributed by atoms with E-state index >= 15 is 0 Å². The topological polar surface area (TPSA) is 85.2 Å². The number of hydrogen-bond donors (Lipinski definition) is 2. The van der Waals surface area contributed by atoms with Gasteiger partial charge >= 0.3 is 0 Å². The molecule has 0 aliphatic rings. The first-order chi connectivity index (χ1) is 7.20. The van der Waals surface area contributed by atoms with Crippen molar-refractivity contribution < 1.29 is 9.63 Å². The number of thiophene rings is 1. The van der Waals surface area contributed by atoms with Crippen LogP contribution in [0.3, 0.4) is 0 Å². The Balaban J connectivity index is 2.27. The van der Waals surface area contributed by atoms with Gasteiger partial charge in [0.25, 0.3) is 5.89 Å². The Labute approximate surface area is 98.0 Å². The highest BCUT2D eigenvalue weighted by Crippen LogP contribution is 2.30. The molecule has 0 bridgehead atoms. The summed E-state index contributed by atoms with van der Waals surface area (Å²) in [7, 11) is 0. The van der Waals surface area contributed by atoms with Crippen LogP contribution in [0.5, 0.6) is 0 Å². The van der Waals surface area contributed by atoms with E-state index < -0.39 is 6.04 Å². The number of hydrogen-bond acceptors (Lipinski definition) is 6. The zero-order valence-corrected chi connectivity index (χ0v) is 9.96. The molecule has 0 amide bonds. The van der Waals surface area contributed by atoms with E-state index in [1.807, 2.05) is 12.1 Å². The Morgan fingerprint density at radius 1 is 1.60 bits per heavy atom. The molecule has 0 saturated heterocycles. The van der Waals surface area contributed by atoms with Gasteiger partial charge in [-0.05, 0) is 28.1 Å². The molecule has 2 aromatic heterocycles. The van der Waals surface area contributed by atoms with Crippen molar-refractivity contribution >= 4 is 27.3 Å². The van der Waals surface area contributed by atoms with Crippen LogP contribution in [-0.2, 0) is 0 Å². The van der Waals surface area contributed by atoms with Crippen molar-refractivity contribution in [3.8, 4) is 10.8 Å². The molecular weight excluding hydrogens is 282 g/mol. The fourth-order valence-corrected chi connectivity index (χ4v) is 2.30. The van der Waals surface area contributed by atoms with Gasteiger partial charge in [-0.15, -0.1) is 11.3 Å². The SMILES string of the molecule is NC(CO)c1noc(-c2ccc(Br)s2)n1. The van der Waals surface area contributed by atoms with Gasteiger partial charge in [-0.2, -0.15) is 4.98 Å². The van der Waals surface area contributed by atoms with Gasteiger partial charge in [0, 0.05) is 0 Å². The second-order valence-electron chi connectivity index (χ2n) is 2.85. The molecule has 0 saturated carbocycles. The molecule has 2 aromatic rings. The lowest BCUT2D eigenvalue weighted by Gasteiger charge is -1.98.